The topological polar surface area (TPSA) is 49.4 Å². The second kappa shape index (κ2) is 10.6. The molecule has 26 heavy (non-hydrogen) atoms. The Morgan fingerprint density at radius 2 is 1.58 bits per heavy atom. The van der Waals surface area contributed by atoms with Crippen LogP contribution in [0.4, 0.5) is 0 Å². The molecule has 2 amide bonds. The van der Waals surface area contributed by atoms with Gasteiger partial charge in [-0.3, -0.25) is 9.59 Å². The van der Waals surface area contributed by atoms with Gasteiger partial charge >= 0.3 is 0 Å². The number of carbonyl (C=O) groups is 2. The number of benzene rings is 2. The summed E-state index contributed by atoms with van der Waals surface area (Å²) in [5.74, 6) is -0.0466. The van der Waals surface area contributed by atoms with E-state index >= 15 is 0 Å². The molecule has 138 valence electrons. The molecule has 0 saturated carbocycles. The Kier molecular flexibility index (Phi) is 8.16. The van der Waals surface area contributed by atoms with Gasteiger partial charge in [0, 0.05) is 38.0 Å². The van der Waals surface area contributed by atoms with Gasteiger partial charge in [0.25, 0.3) is 0 Å². The Labute approximate surface area is 160 Å². The molecule has 0 aromatic heterocycles. The minimum Gasteiger partial charge on any atom is -0.356 e. The number of rotatable bonds is 9. The molecule has 0 aliphatic rings. The van der Waals surface area contributed by atoms with Gasteiger partial charge in [0.15, 0.2) is 0 Å². The summed E-state index contributed by atoms with van der Waals surface area (Å²) < 4.78 is 0. The van der Waals surface area contributed by atoms with Crippen LogP contribution in [-0.2, 0) is 22.4 Å². The zero-order chi connectivity index (χ0) is 18.8. The fourth-order valence-electron chi connectivity index (χ4n) is 2.66. The van der Waals surface area contributed by atoms with Gasteiger partial charge in [-0.2, -0.15) is 0 Å². The number of amides is 2. The minimum atomic E-state index is -0.0290. The van der Waals surface area contributed by atoms with E-state index in [1.807, 2.05) is 54.6 Å². The summed E-state index contributed by atoms with van der Waals surface area (Å²) in [6.07, 6.45) is 1.86. The highest BCUT2D eigenvalue weighted by atomic mass is 35.5. The number of nitrogens with zero attached hydrogens (tertiary/aromatic N) is 1. The van der Waals surface area contributed by atoms with E-state index in [1.54, 1.807) is 4.90 Å². The molecule has 4 nitrogen and oxygen atoms in total. The normalized spacial score (nSPS) is 10.4. The zero-order valence-electron chi connectivity index (χ0n) is 15.1. The predicted octanol–water partition coefficient (Wildman–Crippen LogP) is 3.48. The van der Waals surface area contributed by atoms with Crippen LogP contribution < -0.4 is 5.32 Å². The van der Waals surface area contributed by atoms with Crippen LogP contribution in [0.15, 0.2) is 54.6 Å². The third-order valence-electron chi connectivity index (χ3n) is 4.22. The van der Waals surface area contributed by atoms with E-state index in [1.165, 1.54) is 12.5 Å². The first kappa shape index (κ1) is 20.0. The van der Waals surface area contributed by atoms with Crippen LogP contribution in [0, 0.1) is 0 Å². The monoisotopic (exact) mass is 372 g/mol. The van der Waals surface area contributed by atoms with Crippen LogP contribution in [0.3, 0.4) is 0 Å². The second-order valence-corrected chi connectivity index (χ2v) is 6.65. The lowest BCUT2D eigenvalue weighted by atomic mass is 10.1. The van der Waals surface area contributed by atoms with Crippen molar-refractivity contribution in [3.8, 4) is 0 Å². The molecule has 1 N–H and O–H groups in total. The molecule has 0 aliphatic heterocycles. The van der Waals surface area contributed by atoms with Crippen LogP contribution >= 0.6 is 11.6 Å². The summed E-state index contributed by atoms with van der Waals surface area (Å²) in [6.45, 7) is 3.16. The maximum Gasteiger partial charge on any atom is 0.221 e. The molecule has 5 heteroatoms. The highest BCUT2D eigenvalue weighted by molar-refractivity contribution is 6.30. The molecule has 0 atom stereocenters. The number of hydrogen-bond acceptors (Lipinski definition) is 2. The lowest BCUT2D eigenvalue weighted by Gasteiger charge is -2.21. The largest absolute Gasteiger partial charge is 0.356 e. The molecular formula is C21H25ClN2O2. The van der Waals surface area contributed by atoms with Crippen molar-refractivity contribution in [1.82, 2.24) is 10.2 Å². The number of carbonyl (C=O) groups excluding carboxylic acids is 2. The average Bonchev–Trinajstić information content (AvgIpc) is 2.63. The number of halogens is 1. The Hall–Kier alpha value is -2.33. The lowest BCUT2D eigenvalue weighted by molar-refractivity contribution is -0.129. The highest BCUT2D eigenvalue weighted by Crippen LogP contribution is 2.10. The molecule has 0 fully saturated rings. The predicted molar refractivity (Wildman–Crippen MR) is 105 cm³/mol. The standard InChI is InChI=1S/C21H25ClN2O2/c1-17(25)24(15-12-19-7-9-20(22)10-8-19)16-13-21(26)23-14-11-18-5-3-2-4-6-18/h2-10H,11-16H2,1H3,(H,23,26). The van der Waals surface area contributed by atoms with Gasteiger partial charge in [-0.25, -0.2) is 0 Å². The number of nitrogens with one attached hydrogen (secondary N) is 1. The van der Waals surface area contributed by atoms with Crippen LogP contribution in [0.25, 0.3) is 0 Å². The van der Waals surface area contributed by atoms with Gasteiger partial charge in [-0.15, -0.1) is 0 Å². The summed E-state index contributed by atoms with van der Waals surface area (Å²) in [4.78, 5) is 25.5. The Morgan fingerprint density at radius 3 is 2.23 bits per heavy atom. The lowest BCUT2D eigenvalue weighted by Crippen LogP contribution is -2.35. The fraction of sp³-hybridized carbons (Fsp3) is 0.333. The first-order valence-electron chi connectivity index (χ1n) is 8.85. The number of hydrogen-bond donors (Lipinski definition) is 1. The van der Waals surface area contributed by atoms with Crippen LogP contribution in [0.5, 0.6) is 0 Å². The summed E-state index contributed by atoms with van der Waals surface area (Å²) in [6, 6.07) is 17.6. The van der Waals surface area contributed by atoms with Crippen LogP contribution in [0.1, 0.15) is 24.5 Å². The molecule has 2 aromatic carbocycles. The Morgan fingerprint density at radius 1 is 0.923 bits per heavy atom. The van der Waals surface area contributed by atoms with Crippen molar-refractivity contribution in [2.24, 2.45) is 0 Å². The van der Waals surface area contributed by atoms with E-state index in [9.17, 15) is 9.59 Å². The van der Waals surface area contributed by atoms with E-state index < -0.39 is 0 Å². The quantitative estimate of drug-likeness (QED) is 0.732. The first-order valence-corrected chi connectivity index (χ1v) is 9.23. The SMILES string of the molecule is CC(=O)N(CCC(=O)NCCc1ccccc1)CCc1ccc(Cl)cc1. The van der Waals surface area contributed by atoms with Crippen molar-refractivity contribution in [2.75, 3.05) is 19.6 Å². The van der Waals surface area contributed by atoms with Gasteiger partial charge < -0.3 is 10.2 Å². The third kappa shape index (κ3) is 7.28. The Bertz CT molecular complexity index is 702. The van der Waals surface area contributed by atoms with Crippen molar-refractivity contribution in [3.63, 3.8) is 0 Å². The van der Waals surface area contributed by atoms with Gasteiger partial charge in [0.2, 0.25) is 11.8 Å². The second-order valence-electron chi connectivity index (χ2n) is 6.22. The third-order valence-corrected chi connectivity index (χ3v) is 4.47. The maximum absolute atomic E-state index is 12.0. The van der Waals surface area contributed by atoms with E-state index in [-0.39, 0.29) is 11.8 Å². The van der Waals surface area contributed by atoms with Crippen molar-refractivity contribution in [2.45, 2.75) is 26.2 Å². The van der Waals surface area contributed by atoms with E-state index in [0.29, 0.717) is 31.1 Å². The molecule has 2 rings (SSSR count). The van der Waals surface area contributed by atoms with Gasteiger partial charge in [-0.05, 0) is 36.1 Å². The zero-order valence-corrected chi connectivity index (χ0v) is 15.8. The summed E-state index contributed by atoms with van der Waals surface area (Å²) in [7, 11) is 0. The van der Waals surface area contributed by atoms with E-state index in [4.69, 9.17) is 11.6 Å². The van der Waals surface area contributed by atoms with E-state index in [0.717, 1.165) is 18.4 Å². The molecule has 0 spiro atoms. The van der Waals surface area contributed by atoms with Crippen molar-refractivity contribution >= 4 is 23.4 Å². The van der Waals surface area contributed by atoms with Gasteiger partial charge in [0.1, 0.15) is 0 Å². The van der Waals surface area contributed by atoms with Crippen molar-refractivity contribution in [1.29, 1.82) is 0 Å². The molecule has 0 aliphatic carbocycles. The summed E-state index contributed by atoms with van der Waals surface area (Å²) in [5, 5.41) is 3.61. The Balaban J connectivity index is 1.70. The van der Waals surface area contributed by atoms with Crippen LogP contribution in [0.2, 0.25) is 5.02 Å². The van der Waals surface area contributed by atoms with Gasteiger partial charge in [0.05, 0.1) is 0 Å². The molecule has 0 radical (unpaired) electrons. The maximum atomic E-state index is 12.0. The van der Waals surface area contributed by atoms with Crippen molar-refractivity contribution < 1.29 is 9.59 Å². The highest BCUT2D eigenvalue weighted by Gasteiger charge is 2.11. The molecule has 0 saturated heterocycles. The molecule has 2 aromatic rings. The van der Waals surface area contributed by atoms with Gasteiger partial charge in [-0.1, -0.05) is 54.1 Å². The van der Waals surface area contributed by atoms with Crippen molar-refractivity contribution in [3.05, 3.63) is 70.7 Å². The molecular weight excluding hydrogens is 348 g/mol. The smallest absolute Gasteiger partial charge is 0.221 e. The van der Waals surface area contributed by atoms with Crippen LogP contribution in [-0.4, -0.2) is 36.3 Å². The molecule has 0 heterocycles. The minimum absolute atomic E-state index is 0.0175. The van der Waals surface area contributed by atoms with E-state index in [2.05, 4.69) is 5.32 Å². The summed E-state index contributed by atoms with van der Waals surface area (Å²) in [5.41, 5.74) is 2.31. The molecule has 0 unspecified atom stereocenters. The average molecular weight is 373 g/mol. The summed E-state index contributed by atoms with van der Waals surface area (Å²) >= 11 is 5.88. The first-order chi connectivity index (χ1) is 12.5. The molecule has 0 bridgehead atoms. The fourth-order valence-corrected chi connectivity index (χ4v) is 2.78.